The Balaban J connectivity index is 2.06. The van der Waals surface area contributed by atoms with Crippen LogP contribution >= 0.6 is 0 Å². The maximum atomic E-state index is 12.4. The van der Waals surface area contributed by atoms with Gasteiger partial charge in [0.15, 0.2) is 0 Å². The summed E-state index contributed by atoms with van der Waals surface area (Å²) in [7, 11) is -3.44. The lowest BCUT2D eigenvalue weighted by Gasteiger charge is -2.06. The highest BCUT2D eigenvalue weighted by atomic mass is 32.2. The Hall–Kier alpha value is -1.59. The van der Waals surface area contributed by atoms with E-state index in [0.717, 1.165) is 29.8 Å². The third-order valence-electron chi connectivity index (χ3n) is 3.21. The first-order valence-electron chi connectivity index (χ1n) is 5.80. The molecular formula is C13H14N2O2S. The molecule has 0 amide bonds. The SMILES string of the molecule is Cc1ccc(S(=O)(=O)n2cc3c(c2)CNC3)cc1. The third kappa shape index (κ3) is 1.76. The van der Waals surface area contributed by atoms with Crippen molar-refractivity contribution in [2.75, 3.05) is 0 Å². The van der Waals surface area contributed by atoms with Crippen LogP contribution in [0.25, 0.3) is 0 Å². The van der Waals surface area contributed by atoms with Gasteiger partial charge in [0.1, 0.15) is 0 Å². The second-order valence-electron chi connectivity index (χ2n) is 4.56. The Morgan fingerprint density at radius 2 is 1.61 bits per heavy atom. The Labute approximate surface area is 106 Å². The minimum absolute atomic E-state index is 0.328. The molecule has 0 spiro atoms. The van der Waals surface area contributed by atoms with Crippen molar-refractivity contribution in [2.24, 2.45) is 0 Å². The van der Waals surface area contributed by atoms with Crippen molar-refractivity contribution in [2.45, 2.75) is 24.9 Å². The minimum atomic E-state index is -3.44. The monoisotopic (exact) mass is 262 g/mol. The van der Waals surface area contributed by atoms with Gasteiger partial charge in [-0.1, -0.05) is 17.7 Å². The van der Waals surface area contributed by atoms with E-state index in [0.29, 0.717) is 4.90 Å². The average molecular weight is 262 g/mol. The summed E-state index contributed by atoms with van der Waals surface area (Å²) in [6.07, 6.45) is 3.40. The number of benzene rings is 1. The first kappa shape index (κ1) is 11.5. The van der Waals surface area contributed by atoms with Gasteiger partial charge in [-0.05, 0) is 30.2 Å². The minimum Gasteiger partial charge on any atom is -0.308 e. The molecule has 94 valence electrons. The highest BCUT2D eigenvalue weighted by molar-refractivity contribution is 7.90. The van der Waals surface area contributed by atoms with Crippen LogP contribution in [0, 0.1) is 6.92 Å². The van der Waals surface area contributed by atoms with E-state index in [1.165, 1.54) is 3.97 Å². The van der Waals surface area contributed by atoms with E-state index >= 15 is 0 Å². The number of aryl methyl sites for hydroxylation is 1. The van der Waals surface area contributed by atoms with Crippen molar-refractivity contribution in [3.63, 3.8) is 0 Å². The molecule has 2 heterocycles. The molecule has 18 heavy (non-hydrogen) atoms. The standard InChI is InChI=1S/C13H14N2O2S/c1-10-2-4-13(5-3-10)18(16,17)15-8-11-6-14-7-12(11)9-15/h2-5,8-9,14H,6-7H2,1H3. The van der Waals surface area contributed by atoms with E-state index in [1.807, 2.05) is 19.1 Å². The van der Waals surface area contributed by atoms with Gasteiger partial charge in [0.2, 0.25) is 0 Å². The van der Waals surface area contributed by atoms with Crippen LogP contribution in [0.3, 0.4) is 0 Å². The lowest BCUT2D eigenvalue weighted by Crippen LogP contribution is -2.12. The number of hydrogen-bond acceptors (Lipinski definition) is 3. The van der Waals surface area contributed by atoms with Gasteiger partial charge in [0.25, 0.3) is 10.0 Å². The van der Waals surface area contributed by atoms with Gasteiger partial charge in [-0.2, -0.15) is 0 Å². The molecule has 1 aromatic carbocycles. The Morgan fingerprint density at radius 1 is 1.06 bits per heavy atom. The number of hydrogen-bond donors (Lipinski definition) is 1. The largest absolute Gasteiger partial charge is 0.308 e. The van der Waals surface area contributed by atoms with Gasteiger partial charge in [0.05, 0.1) is 4.90 Å². The first-order valence-corrected chi connectivity index (χ1v) is 7.24. The molecular weight excluding hydrogens is 248 g/mol. The summed E-state index contributed by atoms with van der Waals surface area (Å²) >= 11 is 0. The van der Waals surface area contributed by atoms with E-state index in [9.17, 15) is 8.42 Å². The van der Waals surface area contributed by atoms with Gasteiger partial charge in [-0.3, -0.25) is 0 Å². The molecule has 0 bridgehead atoms. The predicted octanol–water partition coefficient (Wildman–Crippen LogP) is 1.64. The van der Waals surface area contributed by atoms with Gasteiger partial charge >= 0.3 is 0 Å². The first-order chi connectivity index (χ1) is 8.57. The van der Waals surface area contributed by atoms with E-state index in [1.54, 1.807) is 24.5 Å². The van der Waals surface area contributed by atoms with Crippen LogP contribution < -0.4 is 5.32 Å². The maximum Gasteiger partial charge on any atom is 0.267 e. The van der Waals surface area contributed by atoms with Gasteiger partial charge < -0.3 is 5.32 Å². The molecule has 0 saturated carbocycles. The maximum absolute atomic E-state index is 12.4. The van der Waals surface area contributed by atoms with Crippen LogP contribution in [0.5, 0.6) is 0 Å². The van der Waals surface area contributed by atoms with Crippen molar-refractivity contribution in [3.8, 4) is 0 Å². The second kappa shape index (κ2) is 3.96. The smallest absolute Gasteiger partial charge is 0.267 e. The van der Waals surface area contributed by atoms with E-state index < -0.39 is 10.0 Å². The van der Waals surface area contributed by atoms with E-state index in [2.05, 4.69) is 5.32 Å². The molecule has 0 atom stereocenters. The summed E-state index contributed by atoms with van der Waals surface area (Å²) in [5.74, 6) is 0. The summed E-state index contributed by atoms with van der Waals surface area (Å²) in [6, 6.07) is 6.92. The van der Waals surface area contributed by atoms with Crippen LogP contribution in [0.4, 0.5) is 0 Å². The van der Waals surface area contributed by atoms with Crippen molar-refractivity contribution in [1.82, 2.24) is 9.29 Å². The molecule has 3 rings (SSSR count). The lowest BCUT2D eigenvalue weighted by atomic mass is 10.2. The lowest BCUT2D eigenvalue weighted by molar-refractivity contribution is 0.587. The fourth-order valence-corrected chi connectivity index (χ4v) is 3.39. The Bertz CT molecular complexity index is 663. The fourth-order valence-electron chi connectivity index (χ4n) is 2.13. The molecule has 1 aliphatic heterocycles. The molecule has 1 N–H and O–H groups in total. The van der Waals surface area contributed by atoms with E-state index in [4.69, 9.17) is 0 Å². The average Bonchev–Trinajstić information content (AvgIpc) is 2.89. The number of nitrogens with zero attached hydrogens (tertiary/aromatic N) is 1. The zero-order valence-electron chi connectivity index (χ0n) is 10.1. The second-order valence-corrected chi connectivity index (χ2v) is 6.40. The van der Waals surface area contributed by atoms with Gasteiger partial charge in [0, 0.05) is 25.5 Å². The molecule has 1 aromatic heterocycles. The van der Waals surface area contributed by atoms with Crippen LogP contribution in [0.15, 0.2) is 41.6 Å². The van der Waals surface area contributed by atoms with Crippen molar-refractivity contribution in [1.29, 1.82) is 0 Å². The molecule has 0 aliphatic carbocycles. The van der Waals surface area contributed by atoms with Crippen LogP contribution in [0.1, 0.15) is 16.7 Å². The molecule has 4 nitrogen and oxygen atoms in total. The summed E-state index contributed by atoms with van der Waals surface area (Å²) in [6.45, 7) is 3.42. The van der Waals surface area contributed by atoms with Crippen molar-refractivity contribution < 1.29 is 8.42 Å². The highest BCUT2D eigenvalue weighted by Crippen LogP contribution is 2.21. The quantitative estimate of drug-likeness (QED) is 0.895. The molecule has 1 aliphatic rings. The molecule has 0 fully saturated rings. The van der Waals surface area contributed by atoms with Crippen molar-refractivity contribution >= 4 is 10.0 Å². The normalized spacial score (nSPS) is 14.7. The topological polar surface area (TPSA) is 51.1 Å². The number of rotatable bonds is 2. The zero-order valence-corrected chi connectivity index (χ0v) is 10.9. The van der Waals surface area contributed by atoms with Crippen molar-refractivity contribution in [3.05, 3.63) is 53.3 Å². The molecule has 0 unspecified atom stereocenters. The Kier molecular flexibility index (Phi) is 2.53. The number of aromatic nitrogens is 1. The summed E-state index contributed by atoms with van der Waals surface area (Å²) < 4.78 is 26.1. The van der Waals surface area contributed by atoms with Crippen LogP contribution in [0.2, 0.25) is 0 Å². The summed E-state index contributed by atoms with van der Waals surface area (Å²) in [4.78, 5) is 0.328. The number of nitrogens with one attached hydrogen (secondary N) is 1. The van der Waals surface area contributed by atoms with E-state index in [-0.39, 0.29) is 0 Å². The third-order valence-corrected chi connectivity index (χ3v) is 4.84. The highest BCUT2D eigenvalue weighted by Gasteiger charge is 2.20. The number of fused-ring (bicyclic) bond motifs is 1. The zero-order chi connectivity index (χ0) is 12.8. The fraction of sp³-hybridized carbons (Fsp3) is 0.231. The summed E-state index contributed by atoms with van der Waals surface area (Å²) in [5, 5.41) is 3.19. The molecule has 5 heteroatoms. The molecule has 2 aromatic rings. The Morgan fingerprint density at radius 3 is 2.17 bits per heavy atom. The summed E-state index contributed by atoms with van der Waals surface area (Å²) in [5.41, 5.74) is 3.17. The molecule has 0 radical (unpaired) electrons. The van der Waals surface area contributed by atoms with Gasteiger partial charge in [-0.25, -0.2) is 12.4 Å². The van der Waals surface area contributed by atoms with Crippen LogP contribution in [-0.2, 0) is 23.1 Å². The predicted molar refractivity (Wildman–Crippen MR) is 68.7 cm³/mol. The van der Waals surface area contributed by atoms with Crippen LogP contribution in [-0.4, -0.2) is 12.4 Å². The van der Waals surface area contributed by atoms with Gasteiger partial charge in [-0.15, -0.1) is 0 Å². The molecule has 0 saturated heterocycles.